The van der Waals surface area contributed by atoms with Gasteiger partial charge in [0, 0.05) is 6.04 Å². The van der Waals surface area contributed by atoms with E-state index in [1.54, 1.807) is 31.2 Å². The third-order valence-corrected chi connectivity index (χ3v) is 5.72. The first-order valence-electron chi connectivity index (χ1n) is 7.32. The molecule has 0 spiro atoms. The summed E-state index contributed by atoms with van der Waals surface area (Å²) in [5.74, 6) is 0.120. The summed E-state index contributed by atoms with van der Waals surface area (Å²) in [4.78, 5) is 28.9. The van der Waals surface area contributed by atoms with Crippen molar-refractivity contribution in [2.45, 2.75) is 25.9 Å². The molecule has 2 aromatic rings. The van der Waals surface area contributed by atoms with E-state index in [0.29, 0.717) is 23.1 Å². The SMILES string of the molecule is Cc1nc2ccccc2c(=O)n1CC(=O)N[C@@H]1CCS(=O)(=O)C1. The van der Waals surface area contributed by atoms with Crippen molar-refractivity contribution < 1.29 is 13.2 Å². The summed E-state index contributed by atoms with van der Waals surface area (Å²) >= 11 is 0. The molecule has 8 heteroatoms. The number of amides is 1. The number of rotatable bonds is 3. The zero-order valence-electron chi connectivity index (χ0n) is 12.7. The third-order valence-electron chi connectivity index (χ3n) is 3.95. The van der Waals surface area contributed by atoms with Gasteiger partial charge in [0.25, 0.3) is 5.56 Å². The number of aryl methyl sites for hydroxylation is 1. The van der Waals surface area contributed by atoms with Crippen LogP contribution in [0.2, 0.25) is 0 Å². The van der Waals surface area contributed by atoms with Crippen molar-refractivity contribution >= 4 is 26.6 Å². The minimum Gasteiger partial charge on any atom is -0.351 e. The lowest BCUT2D eigenvalue weighted by molar-refractivity contribution is -0.122. The first-order chi connectivity index (χ1) is 10.9. The van der Waals surface area contributed by atoms with Crippen molar-refractivity contribution in [3.8, 4) is 0 Å². The zero-order valence-corrected chi connectivity index (χ0v) is 13.5. The number of nitrogens with one attached hydrogen (secondary N) is 1. The van der Waals surface area contributed by atoms with Crippen LogP contribution in [0, 0.1) is 6.92 Å². The summed E-state index contributed by atoms with van der Waals surface area (Å²) in [6.07, 6.45) is 0.415. The molecular formula is C15H17N3O4S. The number of hydrogen-bond donors (Lipinski definition) is 1. The van der Waals surface area contributed by atoms with Gasteiger partial charge in [0.15, 0.2) is 9.84 Å². The van der Waals surface area contributed by atoms with Gasteiger partial charge in [-0.2, -0.15) is 0 Å². The van der Waals surface area contributed by atoms with E-state index in [4.69, 9.17) is 0 Å². The van der Waals surface area contributed by atoms with Crippen molar-refractivity contribution in [2.24, 2.45) is 0 Å². The van der Waals surface area contributed by atoms with E-state index in [0.717, 1.165) is 0 Å². The topological polar surface area (TPSA) is 98.1 Å². The second-order valence-corrected chi connectivity index (χ2v) is 7.96. The first-order valence-corrected chi connectivity index (χ1v) is 9.14. The lowest BCUT2D eigenvalue weighted by atomic mass is 10.2. The van der Waals surface area contributed by atoms with Gasteiger partial charge < -0.3 is 5.32 Å². The van der Waals surface area contributed by atoms with Gasteiger partial charge in [0.05, 0.1) is 22.4 Å². The molecule has 23 heavy (non-hydrogen) atoms. The maximum absolute atomic E-state index is 12.5. The second-order valence-electron chi connectivity index (χ2n) is 5.73. The summed E-state index contributed by atoms with van der Waals surface area (Å²) in [6.45, 7) is 1.50. The van der Waals surface area contributed by atoms with E-state index < -0.39 is 9.84 Å². The zero-order chi connectivity index (χ0) is 16.6. The smallest absolute Gasteiger partial charge is 0.261 e. The fourth-order valence-corrected chi connectivity index (χ4v) is 4.46. The number of fused-ring (bicyclic) bond motifs is 1. The van der Waals surface area contributed by atoms with E-state index >= 15 is 0 Å². The van der Waals surface area contributed by atoms with Crippen LogP contribution in [0.1, 0.15) is 12.2 Å². The second kappa shape index (κ2) is 5.77. The molecule has 122 valence electrons. The standard InChI is InChI=1S/C15H17N3O4S/c1-10-16-13-5-3-2-4-12(13)15(20)18(10)8-14(19)17-11-6-7-23(21,22)9-11/h2-5,11H,6-9H2,1H3,(H,17,19)/t11-/m1/s1. The molecule has 1 aliphatic rings. The van der Waals surface area contributed by atoms with E-state index in [9.17, 15) is 18.0 Å². The monoisotopic (exact) mass is 335 g/mol. The van der Waals surface area contributed by atoms with Crippen molar-refractivity contribution in [3.05, 3.63) is 40.4 Å². The molecule has 1 N–H and O–H groups in total. The van der Waals surface area contributed by atoms with Crippen LogP contribution in [0.5, 0.6) is 0 Å². The maximum Gasteiger partial charge on any atom is 0.261 e. The highest BCUT2D eigenvalue weighted by atomic mass is 32.2. The fraction of sp³-hybridized carbons (Fsp3) is 0.400. The van der Waals surface area contributed by atoms with Crippen molar-refractivity contribution in [3.63, 3.8) is 0 Å². The van der Waals surface area contributed by atoms with Crippen molar-refractivity contribution in [1.82, 2.24) is 14.9 Å². The number of benzene rings is 1. The number of carbonyl (C=O) groups excluding carboxylic acids is 1. The summed E-state index contributed by atoms with van der Waals surface area (Å²) in [7, 11) is -3.05. The van der Waals surface area contributed by atoms with Crippen LogP contribution in [0.15, 0.2) is 29.1 Å². The summed E-state index contributed by atoms with van der Waals surface area (Å²) in [6, 6.07) is 6.58. The van der Waals surface area contributed by atoms with Crippen LogP contribution >= 0.6 is 0 Å². The molecule has 1 amide bonds. The van der Waals surface area contributed by atoms with Crippen LogP contribution in [0.4, 0.5) is 0 Å². The minimum atomic E-state index is -3.05. The normalized spacial score (nSPS) is 19.8. The molecule has 3 rings (SSSR count). The van der Waals surface area contributed by atoms with E-state index in [1.165, 1.54) is 4.57 Å². The van der Waals surface area contributed by atoms with Crippen LogP contribution in [0.3, 0.4) is 0 Å². The van der Waals surface area contributed by atoms with Crippen LogP contribution in [-0.2, 0) is 21.2 Å². The third kappa shape index (κ3) is 3.26. The van der Waals surface area contributed by atoms with Gasteiger partial charge in [-0.05, 0) is 25.5 Å². The summed E-state index contributed by atoms with van der Waals surface area (Å²) < 4.78 is 24.1. The Hall–Kier alpha value is -2.22. The number of para-hydroxylation sites is 1. The number of aromatic nitrogens is 2. The number of hydrogen-bond acceptors (Lipinski definition) is 5. The van der Waals surface area contributed by atoms with Crippen LogP contribution in [-0.4, -0.2) is 41.4 Å². The molecule has 1 fully saturated rings. The lowest BCUT2D eigenvalue weighted by Crippen LogP contribution is -2.40. The molecule has 1 aliphatic heterocycles. The molecule has 2 heterocycles. The Bertz CT molecular complexity index is 933. The molecule has 0 radical (unpaired) electrons. The van der Waals surface area contributed by atoms with E-state index in [1.807, 2.05) is 0 Å². The number of sulfone groups is 1. The molecule has 7 nitrogen and oxygen atoms in total. The van der Waals surface area contributed by atoms with Gasteiger partial charge in [-0.1, -0.05) is 12.1 Å². The average Bonchev–Trinajstić information content (AvgIpc) is 2.82. The predicted molar refractivity (Wildman–Crippen MR) is 85.9 cm³/mol. The van der Waals surface area contributed by atoms with Gasteiger partial charge in [0.2, 0.25) is 5.91 Å². The fourth-order valence-electron chi connectivity index (χ4n) is 2.79. The molecule has 0 bridgehead atoms. The van der Waals surface area contributed by atoms with E-state index in [-0.39, 0.29) is 35.6 Å². The molecule has 1 atom stereocenters. The summed E-state index contributed by atoms with van der Waals surface area (Å²) in [5, 5.41) is 3.13. The lowest BCUT2D eigenvalue weighted by Gasteiger charge is -2.13. The molecule has 1 saturated heterocycles. The average molecular weight is 335 g/mol. The van der Waals surface area contributed by atoms with Gasteiger partial charge in [-0.15, -0.1) is 0 Å². The Morgan fingerprint density at radius 1 is 1.39 bits per heavy atom. The van der Waals surface area contributed by atoms with E-state index in [2.05, 4.69) is 10.3 Å². The number of nitrogens with zero attached hydrogens (tertiary/aromatic N) is 2. The molecule has 0 saturated carbocycles. The maximum atomic E-state index is 12.5. The van der Waals surface area contributed by atoms with Crippen molar-refractivity contribution in [2.75, 3.05) is 11.5 Å². The van der Waals surface area contributed by atoms with Gasteiger partial charge in [-0.25, -0.2) is 13.4 Å². The van der Waals surface area contributed by atoms with Crippen LogP contribution < -0.4 is 10.9 Å². The van der Waals surface area contributed by atoms with Gasteiger partial charge >= 0.3 is 0 Å². The van der Waals surface area contributed by atoms with Crippen molar-refractivity contribution in [1.29, 1.82) is 0 Å². The Kier molecular flexibility index (Phi) is 3.93. The Labute approximate surface area is 133 Å². The highest BCUT2D eigenvalue weighted by Gasteiger charge is 2.29. The van der Waals surface area contributed by atoms with Gasteiger partial charge in [-0.3, -0.25) is 14.2 Å². The van der Waals surface area contributed by atoms with Gasteiger partial charge in [0.1, 0.15) is 12.4 Å². The Balaban J connectivity index is 1.81. The highest BCUT2D eigenvalue weighted by Crippen LogP contribution is 2.11. The first kappa shape index (κ1) is 15.7. The Morgan fingerprint density at radius 2 is 2.13 bits per heavy atom. The number of carbonyl (C=O) groups is 1. The molecule has 1 aromatic carbocycles. The molecule has 1 aromatic heterocycles. The molecule has 0 unspecified atom stereocenters. The minimum absolute atomic E-state index is 0.0391. The quantitative estimate of drug-likeness (QED) is 0.852. The predicted octanol–water partition coefficient (Wildman–Crippen LogP) is 0.00822. The molecular weight excluding hydrogens is 318 g/mol. The highest BCUT2D eigenvalue weighted by molar-refractivity contribution is 7.91. The Morgan fingerprint density at radius 3 is 2.83 bits per heavy atom. The molecule has 0 aliphatic carbocycles. The largest absolute Gasteiger partial charge is 0.351 e. The summed E-state index contributed by atoms with van der Waals surface area (Å²) in [5.41, 5.74) is 0.316. The van der Waals surface area contributed by atoms with Crippen LogP contribution in [0.25, 0.3) is 10.9 Å².